The molecule has 0 fully saturated rings. The molecule has 0 saturated heterocycles. The molecular weight excluding hydrogens is 412 g/mol. The number of amides is 1. The topological polar surface area (TPSA) is 122 Å². The van der Waals surface area contributed by atoms with E-state index in [2.05, 4.69) is 4.72 Å². The lowest BCUT2D eigenvalue weighted by atomic mass is 10.2. The number of carboxylic acids is 1. The first-order valence-corrected chi connectivity index (χ1v) is 10.1. The van der Waals surface area contributed by atoms with E-state index < -0.39 is 16.0 Å². The average Bonchev–Trinajstić information content (AvgIpc) is 2.71. The normalized spacial score (nSPS) is 11.2. The quantitative estimate of drug-likeness (QED) is 0.611. The number of hydrogen-bond acceptors (Lipinski definition) is 6. The van der Waals surface area contributed by atoms with E-state index >= 15 is 0 Å². The lowest BCUT2D eigenvalue weighted by molar-refractivity contribution is -0.131. The summed E-state index contributed by atoms with van der Waals surface area (Å²) in [6, 6.07) is 8.67. The molecule has 0 atom stereocenters. The fraction of sp³-hybridized carbons (Fsp3) is 0.200. The summed E-state index contributed by atoms with van der Waals surface area (Å²) in [6.07, 6.45) is 2.12. The smallest absolute Gasteiger partial charge is 0.328 e. The van der Waals surface area contributed by atoms with Gasteiger partial charge in [0.1, 0.15) is 4.90 Å². The van der Waals surface area contributed by atoms with Crippen molar-refractivity contribution in [3.05, 3.63) is 53.6 Å². The van der Waals surface area contributed by atoms with E-state index in [4.69, 9.17) is 14.6 Å². The SMILES string of the molecule is COc1cc(C=CC(=O)O)cc(S(=O)(=O)Nc2ccc(C(=O)N(C)C)cc2)c1OC. The number of carboxylic acid groups (broad SMARTS) is 1. The molecule has 160 valence electrons. The molecule has 2 rings (SSSR count). The van der Waals surface area contributed by atoms with Gasteiger partial charge in [-0.3, -0.25) is 9.52 Å². The third-order valence-corrected chi connectivity index (χ3v) is 5.35. The molecule has 9 nitrogen and oxygen atoms in total. The van der Waals surface area contributed by atoms with Crippen molar-refractivity contribution in [3.8, 4) is 11.5 Å². The van der Waals surface area contributed by atoms with Crippen LogP contribution in [0.4, 0.5) is 5.69 Å². The summed E-state index contributed by atoms with van der Waals surface area (Å²) in [5.41, 5.74) is 0.933. The number of aliphatic carboxylic acids is 1. The fourth-order valence-corrected chi connectivity index (χ4v) is 3.84. The zero-order chi connectivity index (χ0) is 22.5. The highest BCUT2D eigenvalue weighted by Gasteiger charge is 2.24. The number of rotatable bonds is 8. The van der Waals surface area contributed by atoms with Crippen LogP contribution in [0.5, 0.6) is 11.5 Å². The Morgan fingerprint density at radius 3 is 2.20 bits per heavy atom. The number of nitrogens with one attached hydrogen (secondary N) is 1. The summed E-state index contributed by atoms with van der Waals surface area (Å²) >= 11 is 0. The molecule has 0 unspecified atom stereocenters. The van der Waals surface area contributed by atoms with Crippen LogP contribution >= 0.6 is 0 Å². The third kappa shape index (κ3) is 5.29. The van der Waals surface area contributed by atoms with Gasteiger partial charge < -0.3 is 19.5 Å². The van der Waals surface area contributed by atoms with Crippen LogP contribution in [0, 0.1) is 0 Å². The molecule has 30 heavy (non-hydrogen) atoms. The number of carbonyl (C=O) groups is 2. The van der Waals surface area contributed by atoms with Gasteiger partial charge in [-0.1, -0.05) is 0 Å². The second-order valence-corrected chi connectivity index (χ2v) is 7.96. The Morgan fingerprint density at radius 2 is 1.70 bits per heavy atom. The van der Waals surface area contributed by atoms with E-state index in [9.17, 15) is 18.0 Å². The minimum atomic E-state index is -4.13. The van der Waals surface area contributed by atoms with Gasteiger partial charge in [-0.05, 0) is 48.0 Å². The van der Waals surface area contributed by atoms with E-state index in [1.807, 2.05) is 0 Å². The first kappa shape index (κ1) is 22.8. The standard InChI is InChI=1S/C20H22N2O7S/c1-22(2)20(25)14-6-8-15(9-7-14)21-30(26,27)17-12-13(5-10-18(23)24)11-16(28-3)19(17)29-4/h5-12,21H,1-4H3,(H,23,24). The van der Waals surface area contributed by atoms with E-state index in [1.165, 1.54) is 61.6 Å². The highest BCUT2D eigenvalue weighted by Crippen LogP contribution is 2.37. The van der Waals surface area contributed by atoms with Crippen LogP contribution in [0.25, 0.3) is 6.08 Å². The zero-order valence-corrected chi connectivity index (χ0v) is 17.7. The van der Waals surface area contributed by atoms with Crippen LogP contribution in [0.1, 0.15) is 15.9 Å². The van der Waals surface area contributed by atoms with Gasteiger partial charge in [0.2, 0.25) is 0 Å². The number of nitrogens with zero attached hydrogens (tertiary/aromatic N) is 1. The molecule has 0 radical (unpaired) electrons. The van der Waals surface area contributed by atoms with Crippen LogP contribution in [0.3, 0.4) is 0 Å². The molecule has 0 aromatic heterocycles. The first-order chi connectivity index (χ1) is 14.1. The molecule has 1 amide bonds. The Balaban J connectivity index is 2.46. The minimum Gasteiger partial charge on any atom is -0.493 e. The average molecular weight is 434 g/mol. The van der Waals surface area contributed by atoms with Crippen molar-refractivity contribution in [1.29, 1.82) is 0 Å². The van der Waals surface area contributed by atoms with Gasteiger partial charge >= 0.3 is 5.97 Å². The van der Waals surface area contributed by atoms with Crippen LogP contribution in [0.2, 0.25) is 0 Å². The van der Waals surface area contributed by atoms with E-state index in [0.29, 0.717) is 11.1 Å². The van der Waals surface area contributed by atoms with Gasteiger partial charge in [0.05, 0.1) is 14.2 Å². The highest BCUT2D eigenvalue weighted by atomic mass is 32.2. The Labute approximate surface area is 174 Å². The van der Waals surface area contributed by atoms with Crippen molar-refractivity contribution in [1.82, 2.24) is 4.90 Å². The zero-order valence-electron chi connectivity index (χ0n) is 16.9. The number of methoxy groups -OCH3 is 2. The van der Waals surface area contributed by atoms with Crippen LogP contribution in [-0.4, -0.2) is 58.6 Å². The predicted molar refractivity (Wildman–Crippen MR) is 111 cm³/mol. The lowest BCUT2D eigenvalue weighted by Gasteiger charge is -2.16. The van der Waals surface area contributed by atoms with Crippen molar-refractivity contribution in [2.45, 2.75) is 4.90 Å². The first-order valence-electron chi connectivity index (χ1n) is 8.60. The molecule has 0 aliphatic rings. The third-order valence-electron chi connectivity index (χ3n) is 3.97. The fourth-order valence-electron chi connectivity index (χ4n) is 2.56. The van der Waals surface area contributed by atoms with Crippen molar-refractivity contribution < 1.29 is 32.6 Å². The summed E-state index contributed by atoms with van der Waals surface area (Å²) in [5.74, 6) is -1.30. The summed E-state index contributed by atoms with van der Waals surface area (Å²) in [7, 11) is 1.74. The number of benzene rings is 2. The van der Waals surface area contributed by atoms with Gasteiger partial charge in [0.25, 0.3) is 15.9 Å². The highest BCUT2D eigenvalue weighted by molar-refractivity contribution is 7.92. The molecule has 0 aliphatic carbocycles. The Kier molecular flexibility index (Phi) is 7.06. The van der Waals surface area contributed by atoms with Gasteiger partial charge in [-0.25, -0.2) is 13.2 Å². The van der Waals surface area contributed by atoms with Gasteiger partial charge in [0, 0.05) is 31.4 Å². The number of sulfonamides is 1. The number of ether oxygens (including phenoxy) is 2. The maximum Gasteiger partial charge on any atom is 0.328 e. The maximum atomic E-state index is 13.0. The maximum absolute atomic E-state index is 13.0. The van der Waals surface area contributed by atoms with Crippen molar-refractivity contribution in [2.24, 2.45) is 0 Å². The molecule has 0 saturated carbocycles. The van der Waals surface area contributed by atoms with Crippen molar-refractivity contribution in [2.75, 3.05) is 33.0 Å². The van der Waals surface area contributed by atoms with Gasteiger partial charge in [0.15, 0.2) is 11.5 Å². The van der Waals surface area contributed by atoms with E-state index in [1.54, 1.807) is 14.1 Å². The second-order valence-electron chi connectivity index (χ2n) is 6.31. The predicted octanol–water partition coefficient (Wildman–Crippen LogP) is 2.30. The molecule has 10 heteroatoms. The van der Waals surface area contributed by atoms with Crippen molar-refractivity contribution in [3.63, 3.8) is 0 Å². The van der Waals surface area contributed by atoms with E-state index in [0.717, 1.165) is 6.08 Å². The summed E-state index contributed by atoms with van der Waals surface area (Å²) in [4.78, 5) is 23.9. The number of carbonyl (C=O) groups excluding carboxylic acids is 1. The molecule has 0 spiro atoms. The largest absolute Gasteiger partial charge is 0.493 e. The molecule has 2 aromatic carbocycles. The van der Waals surface area contributed by atoms with Gasteiger partial charge in [-0.15, -0.1) is 0 Å². The van der Waals surface area contributed by atoms with Crippen LogP contribution in [0.15, 0.2) is 47.4 Å². The molecule has 0 heterocycles. The molecule has 0 bridgehead atoms. The Bertz CT molecular complexity index is 1080. The Morgan fingerprint density at radius 1 is 1.07 bits per heavy atom. The molecule has 2 aromatic rings. The van der Waals surface area contributed by atoms with Crippen molar-refractivity contribution >= 4 is 33.7 Å². The number of anilines is 1. The van der Waals surface area contributed by atoms with E-state index in [-0.39, 0.29) is 28.0 Å². The number of hydrogen-bond donors (Lipinski definition) is 2. The summed E-state index contributed by atoms with van der Waals surface area (Å²) in [5, 5.41) is 8.82. The molecule has 2 N–H and O–H groups in total. The van der Waals surface area contributed by atoms with Gasteiger partial charge in [-0.2, -0.15) is 0 Å². The minimum absolute atomic E-state index is 0.0307. The monoisotopic (exact) mass is 434 g/mol. The van der Waals surface area contributed by atoms with Crippen LogP contribution < -0.4 is 14.2 Å². The second kappa shape index (κ2) is 9.31. The van der Waals surface area contributed by atoms with Crippen LogP contribution in [-0.2, 0) is 14.8 Å². The molecule has 0 aliphatic heterocycles. The molecular formula is C20H22N2O7S. The summed E-state index contributed by atoms with van der Waals surface area (Å²) < 4.78 is 38.8. The summed E-state index contributed by atoms with van der Waals surface area (Å²) in [6.45, 7) is 0. The Hall–Kier alpha value is -3.53. The lowest BCUT2D eigenvalue weighted by Crippen LogP contribution is -2.21.